The molecule has 0 bridgehead atoms. The van der Waals surface area contributed by atoms with E-state index >= 15 is 0 Å². The van der Waals surface area contributed by atoms with Crippen molar-refractivity contribution in [2.24, 2.45) is 0 Å². The number of benzene rings is 2. The highest BCUT2D eigenvalue weighted by molar-refractivity contribution is 7.98. The lowest BCUT2D eigenvalue weighted by atomic mass is 10.2. The number of para-hydroxylation sites is 1. The standard InChI is InChI=1S/C20H15N3O4S2/c1-28-16-5-2-6-17-18(16)21-20(29-17)22(12-15-4-3-11-27-15)19(24)13-7-9-14(10-8-13)23(25)26/h2-11H,12H2,1H3. The number of anilines is 1. The molecule has 2 aromatic carbocycles. The van der Waals surface area contributed by atoms with Gasteiger partial charge < -0.3 is 4.42 Å². The van der Waals surface area contributed by atoms with Gasteiger partial charge in [0.15, 0.2) is 5.13 Å². The Morgan fingerprint density at radius 2 is 2.00 bits per heavy atom. The van der Waals surface area contributed by atoms with Gasteiger partial charge in [-0.15, -0.1) is 11.8 Å². The number of nitro groups is 1. The highest BCUT2D eigenvalue weighted by Crippen LogP contribution is 2.35. The summed E-state index contributed by atoms with van der Waals surface area (Å²) >= 11 is 3.01. The number of thiazole rings is 1. The Hall–Kier alpha value is -3.17. The third-order valence-electron chi connectivity index (χ3n) is 4.29. The molecular weight excluding hydrogens is 410 g/mol. The molecule has 0 fully saturated rings. The molecule has 0 atom stereocenters. The minimum absolute atomic E-state index is 0.0660. The van der Waals surface area contributed by atoms with Crippen LogP contribution in [0.5, 0.6) is 0 Å². The fourth-order valence-electron chi connectivity index (χ4n) is 2.86. The number of hydrogen-bond acceptors (Lipinski definition) is 7. The number of non-ortho nitro benzene ring substituents is 1. The lowest BCUT2D eigenvalue weighted by Gasteiger charge is -2.18. The first-order valence-electron chi connectivity index (χ1n) is 8.59. The van der Waals surface area contributed by atoms with E-state index in [2.05, 4.69) is 0 Å². The van der Waals surface area contributed by atoms with E-state index in [4.69, 9.17) is 9.40 Å². The summed E-state index contributed by atoms with van der Waals surface area (Å²) in [6.45, 7) is 0.206. The van der Waals surface area contributed by atoms with E-state index in [1.807, 2.05) is 24.5 Å². The molecule has 0 aliphatic heterocycles. The van der Waals surface area contributed by atoms with Gasteiger partial charge in [-0.25, -0.2) is 4.98 Å². The summed E-state index contributed by atoms with van der Waals surface area (Å²) in [5.74, 6) is 0.311. The van der Waals surface area contributed by atoms with Crippen LogP contribution in [0, 0.1) is 10.1 Å². The van der Waals surface area contributed by atoms with Crippen LogP contribution >= 0.6 is 23.1 Å². The minimum atomic E-state index is -0.494. The second kappa shape index (κ2) is 8.06. The van der Waals surface area contributed by atoms with E-state index in [9.17, 15) is 14.9 Å². The summed E-state index contributed by atoms with van der Waals surface area (Å²) < 4.78 is 6.41. The van der Waals surface area contributed by atoms with Crippen molar-refractivity contribution in [2.45, 2.75) is 11.4 Å². The zero-order chi connectivity index (χ0) is 20.4. The van der Waals surface area contributed by atoms with Gasteiger partial charge in [0.25, 0.3) is 11.6 Å². The number of furan rings is 1. The fraction of sp³-hybridized carbons (Fsp3) is 0.100. The van der Waals surface area contributed by atoms with E-state index in [1.54, 1.807) is 30.2 Å². The maximum absolute atomic E-state index is 13.3. The van der Waals surface area contributed by atoms with Crippen molar-refractivity contribution in [3.05, 3.63) is 82.3 Å². The van der Waals surface area contributed by atoms with Gasteiger partial charge in [0.05, 0.1) is 27.9 Å². The Balaban J connectivity index is 1.75. The fourth-order valence-corrected chi connectivity index (χ4v) is 4.48. The largest absolute Gasteiger partial charge is 0.467 e. The SMILES string of the molecule is CSc1cccc2sc(N(Cc3ccco3)C(=O)c3ccc([N+](=O)[O-])cc3)nc12. The molecule has 0 aliphatic carbocycles. The molecule has 0 unspecified atom stereocenters. The molecule has 0 saturated heterocycles. The Morgan fingerprint density at radius 3 is 2.66 bits per heavy atom. The van der Waals surface area contributed by atoms with Crippen molar-refractivity contribution in [1.82, 2.24) is 4.98 Å². The average Bonchev–Trinajstić information content (AvgIpc) is 3.40. The molecule has 2 aromatic heterocycles. The molecule has 4 aromatic rings. The topological polar surface area (TPSA) is 89.5 Å². The summed E-state index contributed by atoms with van der Waals surface area (Å²) in [4.78, 5) is 30.9. The third kappa shape index (κ3) is 3.87. The van der Waals surface area contributed by atoms with E-state index in [0.717, 1.165) is 15.1 Å². The first-order chi connectivity index (χ1) is 14.1. The molecule has 9 heteroatoms. The first kappa shape index (κ1) is 19.2. The molecular formula is C20H15N3O4S2. The van der Waals surface area contributed by atoms with Crippen LogP contribution in [0.1, 0.15) is 16.1 Å². The van der Waals surface area contributed by atoms with Crippen molar-refractivity contribution >= 4 is 50.0 Å². The van der Waals surface area contributed by atoms with Crippen LogP contribution < -0.4 is 4.90 Å². The molecule has 0 radical (unpaired) electrons. The Morgan fingerprint density at radius 1 is 1.21 bits per heavy atom. The van der Waals surface area contributed by atoms with Crippen molar-refractivity contribution in [3.63, 3.8) is 0 Å². The minimum Gasteiger partial charge on any atom is -0.467 e. The van der Waals surface area contributed by atoms with E-state index < -0.39 is 4.92 Å². The number of hydrogen-bond donors (Lipinski definition) is 0. The van der Waals surface area contributed by atoms with Crippen LogP contribution in [0.2, 0.25) is 0 Å². The molecule has 1 amide bonds. The van der Waals surface area contributed by atoms with Gasteiger partial charge in [0, 0.05) is 22.6 Å². The number of nitrogens with zero attached hydrogens (tertiary/aromatic N) is 3. The van der Waals surface area contributed by atoms with E-state index in [0.29, 0.717) is 16.5 Å². The maximum atomic E-state index is 13.3. The number of carbonyl (C=O) groups excluding carboxylic acids is 1. The predicted molar refractivity (Wildman–Crippen MR) is 114 cm³/mol. The Labute approximate surface area is 174 Å². The number of carbonyl (C=O) groups is 1. The van der Waals surface area contributed by atoms with Gasteiger partial charge in [-0.3, -0.25) is 19.8 Å². The quantitative estimate of drug-likeness (QED) is 0.234. The van der Waals surface area contributed by atoms with Crippen molar-refractivity contribution in [2.75, 3.05) is 11.2 Å². The molecule has 146 valence electrons. The van der Waals surface area contributed by atoms with Gasteiger partial charge in [0.2, 0.25) is 0 Å². The highest BCUT2D eigenvalue weighted by Gasteiger charge is 2.24. The zero-order valence-electron chi connectivity index (χ0n) is 15.3. The van der Waals surface area contributed by atoms with E-state index in [-0.39, 0.29) is 18.1 Å². The summed E-state index contributed by atoms with van der Waals surface area (Å²) in [5, 5.41) is 11.4. The molecule has 0 spiro atoms. The van der Waals surface area contributed by atoms with Gasteiger partial charge in [0.1, 0.15) is 5.76 Å². The van der Waals surface area contributed by atoms with Crippen LogP contribution in [0.15, 0.2) is 70.2 Å². The number of aromatic nitrogens is 1. The lowest BCUT2D eigenvalue weighted by molar-refractivity contribution is -0.384. The Kier molecular flexibility index (Phi) is 5.32. The molecule has 2 heterocycles. The molecule has 0 saturated carbocycles. The van der Waals surface area contributed by atoms with E-state index in [1.165, 1.54) is 40.5 Å². The van der Waals surface area contributed by atoms with Crippen LogP contribution in [0.3, 0.4) is 0 Å². The molecule has 0 N–H and O–H groups in total. The summed E-state index contributed by atoms with van der Waals surface area (Å²) in [7, 11) is 0. The monoisotopic (exact) mass is 425 g/mol. The second-order valence-electron chi connectivity index (χ2n) is 6.08. The molecule has 7 nitrogen and oxygen atoms in total. The zero-order valence-corrected chi connectivity index (χ0v) is 16.9. The van der Waals surface area contributed by atoms with Gasteiger partial charge in [-0.2, -0.15) is 0 Å². The maximum Gasteiger partial charge on any atom is 0.269 e. The van der Waals surface area contributed by atoms with Crippen molar-refractivity contribution < 1.29 is 14.1 Å². The van der Waals surface area contributed by atoms with Gasteiger partial charge in [-0.1, -0.05) is 17.4 Å². The van der Waals surface area contributed by atoms with Crippen molar-refractivity contribution in [3.8, 4) is 0 Å². The number of thioether (sulfide) groups is 1. The second-order valence-corrected chi connectivity index (χ2v) is 7.94. The van der Waals surface area contributed by atoms with Crippen LogP contribution in [0.4, 0.5) is 10.8 Å². The van der Waals surface area contributed by atoms with Gasteiger partial charge >= 0.3 is 0 Å². The predicted octanol–water partition coefficient (Wildman–Crippen LogP) is 5.37. The van der Waals surface area contributed by atoms with Crippen molar-refractivity contribution in [1.29, 1.82) is 0 Å². The lowest BCUT2D eigenvalue weighted by Crippen LogP contribution is -2.30. The average molecular weight is 425 g/mol. The number of nitro benzene ring substituents is 1. The number of amides is 1. The normalized spacial score (nSPS) is 10.9. The first-order valence-corrected chi connectivity index (χ1v) is 10.6. The number of fused-ring (bicyclic) bond motifs is 1. The molecule has 0 aliphatic rings. The summed E-state index contributed by atoms with van der Waals surface area (Å²) in [5.41, 5.74) is 1.12. The molecule has 4 rings (SSSR count). The smallest absolute Gasteiger partial charge is 0.269 e. The van der Waals surface area contributed by atoms with Crippen LogP contribution in [-0.4, -0.2) is 22.1 Å². The molecule has 29 heavy (non-hydrogen) atoms. The van der Waals surface area contributed by atoms with Gasteiger partial charge in [-0.05, 0) is 42.7 Å². The number of rotatable bonds is 6. The summed E-state index contributed by atoms with van der Waals surface area (Å²) in [6, 6.07) is 15.0. The van der Waals surface area contributed by atoms with Crippen LogP contribution in [-0.2, 0) is 6.54 Å². The van der Waals surface area contributed by atoms with Crippen LogP contribution in [0.25, 0.3) is 10.2 Å². The highest BCUT2D eigenvalue weighted by atomic mass is 32.2. The summed E-state index contributed by atoms with van der Waals surface area (Å²) in [6.07, 6.45) is 3.53. The third-order valence-corrected chi connectivity index (χ3v) is 6.10. The Bertz CT molecular complexity index is 1170.